The standard InChI is InChI=1S/C20H23N5/c1-14-5-4-6-17-15(2)13-19(21-20(14)17)25-11-9-24(10-12-25)18-8-7-16(3)22-23-18/h4-8,13H,9-12H2,1-3H3. The first-order valence-corrected chi connectivity index (χ1v) is 8.79. The topological polar surface area (TPSA) is 45.2 Å². The van der Waals surface area contributed by atoms with Crippen LogP contribution in [0.1, 0.15) is 16.8 Å². The Balaban J connectivity index is 1.55. The fraction of sp³-hybridized carbons (Fsp3) is 0.350. The second kappa shape index (κ2) is 6.31. The second-order valence-electron chi connectivity index (χ2n) is 6.78. The number of rotatable bonds is 2. The molecule has 128 valence electrons. The summed E-state index contributed by atoms with van der Waals surface area (Å²) in [5.41, 5.74) is 4.59. The highest BCUT2D eigenvalue weighted by molar-refractivity contribution is 5.86. The number of piperazine rings is 1. The van der Waals surface area contributed by atoms with E-state index in [9.17, 15) is 0 Å². The number of hydrogen-bond acceptors (Lipinski definition) is 5. The number of anilines is 2. The third kappa shape index (κ3) is 3.02. The lowest BCUT2D eigenvalue weighted by Crippen LogP contribution is -2.47. The molecule has 5 heteroatoms. The maximum Gasteiger partial charge on any atom is 0.151 e. The fourth-order valence-electron chi connectivity index (χ4n) is 3.43. The van der Waals surface area contributed by atoms with E-state index < -0.39 is 0 Å². The highest BCUT2D eigenvalue weighted by Crippen LogP contribution is 2.25. The van der Waals surface area contributed by atoms with Gasteiger partial charge in [-0.3, -0.25) is 0 Å². The minimum Gasteiger partial charge on any atom is -0.353 e. The van der Waals surface area contributed by atoms with Gasteiger partial charge in [-0.15, -0.1) is 5.10 Å². The highest BCUT2D eigenvalue weighted by atomic mass is 15.3. The summed E-state index contributed by atoms with van der Waals surface area (Å²) in [5, 5.41) is 9.73. The van der Waals surface area contributed by atoms with Crippen LogP contribution in [0.2, 0.25) is 0 Å². The zero-order valence-corrected chi connectivity index (χ0v) is 15.0. The Hall–Kier alpha value is -2.69. The zero-order chi connectivity index (χ0) is 17.4. The normalized spacial score (nSPS) is 15.0. The molecule has 0 amide bonds. The SMILES string of the molecule is Cc1ccc(N2CCN(c3cc(C)c4cccc(C)c4n3)CC2)nn1. The minimum absolute atomic E-state index is 0.935. The van der Waals surface area contributed by atoms with Gasteiger partial charge in [0.25, 0.3) is 0 Å². The Bertz CT molecular complexity index is 896. The van der Waals surface area contributed by atoms with Crippen LogP contribution in [0.15, 0.2) is 36.4 Å². The summed E-state index contributed by atoms with van der Waals surface area (Å²) in [6, 6.07) is 12.7. The molecule has 1 aliphatic rings. The molecular weight excluding hydrogens is 310 g/mol. The van der Waals surface area contributed by atoms with Crippen LogP contribution in [0, 0.1) is 20.8 Å². The van der Waals surface area contributed by atoms with E-state index >= 15 is 0 Å². The lowest BCUT2D eigenvalue weighted by molar-refractivity contribution is 0.638. The van der Waals surface area contributed by atoms with E-state index in [4.69, 9.17) is 4.98 Å². The van der Waals surface area contributed by atoms with Crippen molar-refractivity contribution in [1.29, 1.82) is 0 Å². The highest BCUT2D eigenvalue weighted by Gasteiger charge is 2.20. The second-order valence-corrected chi connectivity index (χ2v) is 6.78. The molecule has 1 aromatic carbocycles. The maximum atomic E-state index is 4.95. The Morgan fingerprint density at radius 3 is 2.16 bits per heavy atom. The Kier molecular flexibility index (Phi) is 3.99. The number of para-hydroxylation sites is 1. The fourth-order valence-corrected chi connectivity index (χ4v) is 3.43. The molecule has 0 bridgehead atoms. The lowest BCUT2D eigenvalue weighted by Gasteiger charge is -2.36. The van der Waals surface area contributed by atoms with Gasteiger partial charge in [-0.2, -0.15) is 5.10 Å². The van der Waals surface area contributed by atoms with Gasteiger partial charge in [-0.1, -0.05) is 18.2 Å². The van der Waals surface area contributed by atoms with Gasteiger partial charge in [0.15, 0.2) is 5.82 Å². The first kappa shape index (κ1) is 15.8. The molecule has 5 nitrogen and oxygen atoms in total. The Morgan fingerprint density at radius 2 is 1.48 bits per heavy atom. The third-order valence-electron chi connectivity index (χ3n) is 4.95. The largest absolute Gasteiger partial charge is 0.353 e. The molecule has 0 unspecified atom stereocenters. The van der Waals surface area contributed by atoms with Gasteiger partial charge in [0.05, 0.1) is 11.2 Å². The monoisotopic (exact) mass is 333 g/mol. The molecule has 3 aromatic rings. The summed E-state index contributed by atoms with van der Waals surface area (Å²) < 4.78 is 0. The third-order valence-corrected chi connectivity index (χ3v) is 4.95. The van der Waals surface area contributed by atoms with Gasteiger partial charge in [0.2, 0.25) is 0 Å². The zero-order valence-electron chi connectivity index (χ0n) is 15.0. The molecule has 25 heavy (non-hydrogen) atoms. The number of hydrogen-bond donors (Lipinski definition) is 0. The van der Waals surface area contributed by atoms with E-state index in [0.717, 1.165) is 49.0 Å². The number of pyridine rings is 1. The van der Waals surface area contributed by atoms with E-state index in [-0.39, 0.29) is 0 Å². The molecule has 0 spiro atoms. The van der Waals surface area contributed by atoms with Gasteiger partial charge >= 0.3 is 0 Å². The van der Waals surface area contributed by atoms with Gasteiger partial charge in [-0.05, 0) is 50.1 Å². The van der Waals surface area contributed by atoms with Crippen molar-refractivity contribution in [3.63, 3.8) is 0 Å². The van der Waals surface area contributed by atoms with Crippen LogP contribution in [-0.4, -0.2) is 41.4 Å². The molecule has 1 saturated heterocycles. The van der Waals surface area contributed by atoms with Crippen molar-refractivity contribution < 1.29 is 0 Å². The number of benzene rings is 1. The summed E-state index contributed by atoms with van der Waals surface area (Å²) in [6.07, 6.45) is 0. The first-order valence-electron chi connectivity index (χ1n) is 8.79. The van der Waals surface area contributed by atoms with Crippen LogP contribution in [0.5, 0.6) is 0 Å². The van der Waals surface area contributed by atoms with Gasteiger partial charge in [0.1, 0.15) is 5.82 Å². The van der Waals surface area contributed by atoms with Crippen LogP contribution < -0.4 is 9.80 Å². The predicted molar refractivity (Wildman–Crippen MR) is 102 cm³/mol. The molecular formula is C20H23N5. The van der Waals surface area contributed by atoms with E-state index in [2.05, 4.69) is 64.2 Å². The maximum absolute atomic E-state index is 4.95. The molecule has 0 N–H and O–H groups in total. The number of aromatic nitrogens is 3. The molecule has 3 heterocycles. The molecule has 0 saturated carbocycles. The smallest absolute Gasteiger partial charge is 0.151 e. The van der Waals surface area contributed by atoms with Crippen molar-refractivity contribution in [2.45, 2.75) is 20.8 Å². The van der Waals surface area contributed by atoms with E-state index in [1.165, 1.54) is 16.5 Å². The quantitative estimate of drug-likeness (QED) is 0.720. The first-order chi connectivity index (χ1) is 12.1. The summed E-state index contributed by atoms with van der Waals surface area (Å²) in [7, 11) is 0. The molecule has 1 fully saturated rings. The van der Waals surface area contributed by atoms with Crippen molar-refractivity contribution in [2.75, 3.05) is 36.0 Å². The van der Waals surface area contributed by atoms with Crippen molar-refractivity contribution in [3.05, 3.63) is 53.2 Å². The molecule has 1 aliphatic heterocycles. The summed E-state index contributed by atoms with van der Waals surface area (Å²) in [6.45, 7) is 10.0. The molecule has 4 rings (SSSR count). The van der Waals surface area contributed by atoms with E-state index in [1.54, 1.807) is 0 Å². The van der Waals surface area contributed by atoms with Crippen molar-refractivity contribution in [2.24, 2.45) is 0 Å². The van der Waals surface area contributed by atoms with Crippen LogP contribution in [0.4, 0.5) is 11.6 Å². The van der Waals surface area contributed by atoms with Gasteiger partial charge < -0.3 is 9.80 Å². The molecule has 2 aromatic heterocycles. The average Bonchev–Trinajstić information content (AvgIpc) is 2.63. The van der Waals surface area contributed by atoms with Gasteiger partial charge in [0, 0.05) is 31.6 Å². The van der Waals surface area contributed by atoms with Crippen molar-refractivity contribution in [1.82, 2.24) is 15.2 Å². The number of aryl methyl sites for hydroxylation is 3. The molecule has 0 aliphatic carbocycles. The Labute approximate surface area is 148 Å². The minimum atomic E-state index is 0.935. The predicted octanol–water partition coefficient (Wildman–Crippen LogP) is 3.28. The van der Waals surface area contributed by atoms with Crippen molar-refractivity contribution in [3.8, 4) is 0 Å². The Morgan fingerprint density at radius 1 is 0.760 bits per heavy atom. The van der Waals surface area contributed by atoms with E-state index in [0.29, 0.717) is 0 Å². The van der Waals surface area contributed by atoms with E-state index in [1.807, 2.05) is 13.0 Å². The van der Waals surface area contributed by atoms with Crippen LogP contribution in [0.3, 0.4) is 0 Å². The number of nitrogens with zero attached hydrogens (tertiary/aromatic N) is 5. The summed E-state index contributed by atoms with van der Waals surface area (Å²) in [5.74, 6) is 2.04. The van der Waals surface area contributed by atoms with Crippen molar-refractivity contribution >= 4 is 22.5 Å². The van der Waals surface area contributed by atoms with Crippen LogP contribution >= 0.6 is 0 Å². The van der Waals surface area contributed by atoms with Gasteiger partial charge in [-0.25, -0.2) is 4.98 Å². The average molecular weight is 333 g/mol. The molecule has 0 radical (unpaired) electrons. The lowest BCUT2D eigenvalue weighted by atomic mass is 10.1. The summed E-state index contributed by atoms with van der Waals surface area (Å²) >= 11 is 0. The number of fused-ring (bicyclic) bond motifs is 1. The molecule has 0 atom stereocenters. The summed E-state index contributed by atoms with van der Waals surface area (Å²) in [4.78, 5) is 9.61. The van der Waals surface area contributed by atoms with Crippen LogP contribution in [-0.2, 0) is 0 Å². The van der Waals surface area contributed by atoms with Crippen LogP contribution in [0.25, 0.3) is 10.9 Å².